The highest BCUT2D eigenvalue weighted by atomic mass is 32.1. The Bertz CT molecular complexity index is 650. The molecule has 0 bridgehead atoms. The monoisotopic (exact) mass is 315 g/mol. The van der Waals surface area contributed by atoms with E-state index in [1.807, 2.05) is 31.2 Å². The fourth-order valence-corrected chi connectivity index (χ4v) is 3.46. The summed E-state index contributed by atoms with van der Waals surface area (Å²) in [6, 6.07) is 8.34. The number of nitrogens with one attached hydrogen (secondary N) is 2. The Kier molecular flexibility index (Phi) is 4.55. The van der Waals surface area contributed by atoms with E-state index in [-0.39, 0.29) is 11.8 Å². The van der Waals surface area contributed by atoms with E-state index in [4.69, 9.17) is 0 Å². The third kappa shape index (κ3) is 3.54. The molecule has 4 nitrogen and oxygen atoms in total. The van der Waals surface area contributed by atoms with Gasteiger partial charge >= 0.3 is 0 Å². The van der Waals surface area contributed by atoms with Crippen molar-refractivity contribution in [2.75, 3.05) is 11.9 Å². The van der Waals surface area contributed by atoms with Crippen LogP contribution in [-0.4, -0.2) is 23.5 Å². The second-order valence-corrected chi connectivity index (χ2v) is 6.96. The van der Waals surface area contributed by atoms with Gasteiger partial charge in [-0.15, -0.1) is 11.3 Å². The van der Waals surface area contributed by atoms with Crippen LogP contribution in [0.2, 0.25) is 0 Å². The number of carbonyl (C=O) groups is 1. The van der Waals surface area contributed by atoms with Crippen LogP contribution in [0.3, 0.4) is 0 Å². The molecule has 1 fully saturated rings. The van der Waals surface area contributed by atoms with Crippen molar-refractivity contribution in [3.05, 3.63) is 34.7 Å². The molecule has 1 aliphatic heterocycles. The summed E-state index contributed by atoms with van der Waals surface area (Å²) >= 11 is 1.65. The molecule has 2 N–H and O–H groups in total. The minimum atomic E-state index is 0.108. The Morgan fingerprint density at radius 3 is 2.77 bits per heavy atom. The molecule has 1 aromatic carbocycles. The molecule has 0 aliphatic carbocycles. The Morgan fingerprint density at radius 2 is 2.14 bits per heavy atom. The molecule has 1 aliphatic rings. The third-order valence-electron chi connectivity index (χ3n) is 4.06. The highest BCUT2D eigenvalue weighted by molar-refractivity contribution is 7.09. The van der Waals surface area contributed by atoms with Gasteiger partial charge < -0.3 is 10.6 Å². The van der Waals surface area contributed by atoms with Crippen LogP contribution in [0.25, 0.3) is 11.3 Å². The lowest BCUT2D eigenvalue weighted by molar-refractivity contribution is -0.120. The average Bonchev–Trinajstić information content (AvgIpc) is 2.94. The maximum Gasteiger partial charge on any atom is 0.227 e. The van der Waals surface area contributed by atoms with Gasteiger partial charge in [-0.3, -0.25) is 4.79 Å². The topological polar surface area (TPSA) is 54.0 Å². The number of thiazole rings is 1. The number of anilines is 1. The van der Waals surface area contributed by atoms with Crippen LogP contribution >= 0.6 is 11.3 Å². The van der Waals surface area contributed by atoms with Crippen molar-refractivity contribution in [2.24, 2.45) is 5.92 Å². The van der Waals surface area contributed by atoms with E-state index in [9.17, 15) is 4.79 Å². The van der Waals surface area contributed by atoms with E-state index < -0.39 is 0 Å². The van der Waals surface area contributed by atoms with Crippen molar-refractivity contribution < 1.29 is 4.79 Å². The van der Waals surface area contributed by atoms with Gasteiger partial charge in [-0.25, -0.2) is 4.98 Å². The first-order valence-electron chi connectivity index (χ1n) is 7.68. The molecule has 2 atom stereocenters. The third-order valence-corrected chi connectivity index (χ3v) is 4.84. The van der Waals surface area contributed by atoms with Crippen LogP contribution in [0.5, 0.6) is 0 Å². The number of aromatic nitrogens is 1. The molecular weight excluding hydrogens is 294 g/mol. The first-order valence-corrected chi connectivity index (χ1v) is 8.56. The Balaban J connectivity index is 1.64. The van der Waals surface area contributed by atoms with Gasteiger partial charge in [-0.05, 0) is 45.4 Å². The molecule has 0 radical (unpaired) electrons. The lowest BCUT2D eigenvalue weighted by Gasteiger charge is -2.27. The van der Waals surface area contributed by atoms with Gasteiger partial charge in [-0.2, -0.15) is 0 Å². The van der Waals surface area contributed by atoms with Crippen molar-refractivity contribution in [1.29, 1.82) is 0 Å². The summed E-state index contributed by atoms with van der Waals surface area (Å²) in [5.41, 5.74) is 2.93. The minimum absolute atomic E-state index is 0.108. The number of rotatable bonds is 3. The molecule has 116 valence electrons. The highest BCUT2D eigenvalue weighted by Crippen LogP contribution is 2.24. The number of nitrogens with zero attached hydrogens (tertiary/aromatic N) is 1. The maximum absolute atomic E-state index is 12.3. The quantitative estimate of drug-likeness (QED) is 0.912. The Morgan fingerprint density at radius 1 is 1.36 bits per heavy atom. The summed E-state index contributed by atoms with van der Waals surface area (Å²) in [6.45, 7) is 5.05. The molecule has 1 amide bonds. The Hall–Kier alpha value is -1.72. The Labute approximate surface area is 135 Å². The van der Waals surface area contributed by atoms with Gasteiger partial charge in [0.05, 0.1) is 10.7 Å². The fraction of sp³-hybridized carbons (Fsp3) is 0.412. The van der Waals surface area contributed by atoms with Crippen molar-refractivity contribution >= 4 is 22.9 Å². The van der Waals surface area contributed by atoms with Gasteiger partial charge in [0.25, 0.3) is 0 Å². The molecule has 3 rings (SSSR count). The number of aryl methyl sites for hydroxylation is 1. The lowest BCUT2D eigenvalue weighted by Crippen LogP contribution is -2.40. The molecule has 2 aromatic rings. The number of hydrogen-bond acceptors (Lipinski definition) is 4. The van der Waals surface area contributed by atoms with Crippen LogP contribution in [-0.2, 0) is 4.79 Å². The second-order valence-electron chi connectivity index (χ2n) is 5.89. The van der Waals surface area contributed by atoms with E-state index in [1.165, 1.54) is 0 Å². The predicted octanol–water partition coefficient (Wildman–Crippen LogP) is 3.45. The molecule has 0 spiro atoms. The zero-order valence-corrected chi connectivity index (χ0v) is 13.7. The van der Waals surface area contributed by atoms with E-state index in [0.717, 1.165) is 41.3 Å². The van der Waals surface area contributed by atoms with Crippen LogP contribution in [0.4, 0.5) is 5.69 Å². The number of benzene rings is 1. The van der Waals surface area contributed by atoms with Gasteiger partial charge in [0.1, 0.15) is 0 Å². The van der Waals surface area contributed by atoms with Gasteiger partial charge in [0, 0.05) is 28.6 Å². The van der Waals surface area contributed by atoms with Crippen molar-refractivity contribution in [1.82, 2.24) is 10.3 Å². The zero-order valence-electron chi connectivity index (χ0n) is 12.9. The summed E-state index contributed by atoms with van der Waals surface area (Å²) in [7, 11) is 0. The minimum Gasteiger partial charge on any atom is -0.326 e. The summed E-state index contributed by atoms with van der Waals surface area (Å²) < 4.78 is 0. The van der Waals surface area contributed by atoms with Crippen molar-refractivity contribution in [3.63, 3.8) is 0 Å². The van der Waals surface area contributed by atoms with Gasteiger partial charge in [0.2, 0.25) is 5.91 Å². The molecular formula is C17H21N3OS. The van der Waals surface area contributed by atoms with E-state index >= 15 is 0 Å². The smallest absolute Gasteiger partial charge is 0.227 e. The molecule has 5 heteroatoms. The van der Waals surface area contributed by atoms with Crippen LogP contribution in [0.1, 0.15) is 24.8 Å². The lowest BCUT2D eigenvalue weighted by atomic mass is 9.92. The van der Waals surface area contributed by atoms with Crippen LogP contribution < -0.4 is 10.6 Å². The van der Waals surface area contributed by atoms with E-state index in [1.54, 1.807) is 11.3 Å². The van der Waals surface area contributed by atoms with E-state index in [2.05, 4.69) is 27.9 Å². The SMILES string of the molecule is Cc1nc(-c2ccc(NC(=O)[C@H]3CCN[C@@H](C)C3)cc2)cs1. The molecule has 0 saturated carbocycles. The molecule has 1 saturated heterocycles. The number of hydrogen-bond donors (Lipinski definition) is 2. The summed E-state index contributed by atoms with van der Waals surface area (Å²) in [6.07, 6.45) is 1.81. The molecule has 0 unspecified atom stereocenters. The first kappa shape index (κ1) is 15.2. The summed E-state index contributed by atoms with van der Waals surface area (Å²) in [4.78, 5) is 16.8. The largest absolute Gasteiger partial charge is 0.326 e. The van der Waals surface area contributed by atoms with E-state index in [0.29, 0.717) is 6.04 Å². The molecule has 1 aromatic heterocycles. The predicted molar refractivity (Wildman–Crippen MR) is 91.1 cm³/mol. The second kappa shape index (κ2) is 6.58. The number of carbonyl (C=O) groups excluding carboxylic acids is 1. The zero-order chi connectivity index (χ0) is 15.5. The fourth-order valence-electron chi connectivity index (χ4n) is 2.83. The van der Waals surface area contributed by atoms with Crippen molar-refractivity contribution in [2.45, 2.75) is 32.7 Å². The normalized spacial score (nSPS) is 21.5. The van der Waals surface area contributed by atoms with Crippen LogP contribution in [0.15, 0.2) is 29.6 Å². The highest BCUT2D eigenvalue weighted by Gasteiger charge is 2.24. The van der Waals surface area contributed by atoms with Crippen molar-refractivity contribution in [3.8, 4) is 11.3 Å². The summed E-state index contributed by atoms with van der Waals surface area (Å²) in [5.74, 6) is 0.239. The van der Waals surface area contributed by atoms with Gasteiger partial charge in [0.15, 0.2) is 0 Å². The average molecular weight is 315 g/mol. The van der Waals surface area contributed by atoms with Gasteiger partial charge in [-0.1, -0.05) is 12.1 Å². The molecule has 22 heavy (non-hydrogen) atoms. The number of piperidine rings is 1. The first-order chi connectivity index (χ1) is 10.6. The maximum atomic E-state index is 12.3. The standard InChI is InChI=1S/C17H21N3OS/c1-11-9-14(7-8-18-11)17(21)20-15-5-3-13(4-6-15)16-10-22-12(2)19-16/h3-6,10-11,14,18H,7-9H2,1-2H3,(H,20,21)/t11-,14-/m0/s1. The van der Waals surface area contributed by atoms with Crippen LogP contribution in [0, 0.1) is 12.8 Å². The molecule has 2 heterocycles. The number of amides is 1. The summed E-state index contributed by atoms with van der Waals surface area (Å²) in [5, 5.41) is 9.52.